The van der Waals surface area contributed by atoms with Gasteiger partial charge in [-0.15, -0.1) is 12.4 Å². The van der Waals surface area contributed by atoms with Gasteiger partial charge in [0, 0.05) is 22.9 Å². The standard InChI is InChI=1S/C11H10N2O2.C7H8BrN.ClH.H3N/c1-6-7(2)13-8-4-3-5-12-10(8)9(6)11(14)15;8-7-3-1-6(5-9)2-4-7;;/h3-5H,1-2H3,(H,14,15);1-4H,5,9H2;1H;1H3. The van der Waals surface area contributed by atoms with Gasteiger partial charge in [-0.2, -0.15) is 0 Å². The number of nitrogens with two attached hydrogens (primary N) is 1. The lowest BCUT2D eigenvalue weighted by Crippen LogP contribution is -2.05. The topological polar surface area (TPSA) is 124 Å². The highest BCUT2D eigenvalue weighted by Gasteiger charge is 2.15. The van der Waals surface area contributed by atoms with Gasteiger partial charge in [0.25, 0.3) is 0 Å². The number of aromatic nitrogens is 2. The molecule has 0 radical (unpaired) electrons. The number of nitrogens with zero attached hydrogens (tertiary/aromatic N) is 2. The maximum Gasteiger partial charge on any atom is 0.338 e. The van der Waals surface area contributed by atoms with Crippen LogP contribution in [0, 0.1) is 13.8 Å². The highest BCUT2D eigenvalue weighted by atomic mass is 79.9. The van der Waals surface area contributed by atoms with Gasteiger partial charge in [0.2, 0.25) is 0 Å². The van der Waals surface area contributed by atoms with Gasteiger partial charge in [-0.05, 0) is 49.2 Å². The Bertz CT molecular complexity index is 873. The SMILES string of the molecule is Cc1nc2cccnc2c(C(=O)O)c1C.Cl.N.NCc1ccc(Br)cc1. The number of carboxylic acids is 1. The molecule has 0 aliphatic carbocycles. The summed E-state index contributed by atoms with van der Waals surface area (Å²) in [5.41, 5.74) is 9.28. The number of rotatable bonds is 2. The maximum absolute atomic E-state index is 11.1. The third-order valence-corrected chi connectivity index (χ3v) is 4.12. The van der Waals surface area contributed by atoms with Crippen LogP contribution < -0.4 is 11.9 Å². The van der Waals surface area contributed by atoms with Crippen molar-refractivity contribution in [1.82, 2.24) is 16.1 Å². The number of halogens is 2. The van der Waals surface area contributed by atoms with Gasteiger partial charge in [0.1, 0.15) is 5.52 Å². The van der Waals surface area contributed by atoms with E-state index in [9.17, 15) is 4.79 Å². The molecule has 0 unspecified atom stereocenters. The van der Waals surface area contributed by atoms with Gasteiger partial charge in [0.15, 0.2) is 0 Å². The molecule has 0 amide bonds. The lowest BCUT2D eigenvalue weighted by molar-refractivity contribution is 0.0698. The van der Waals surface area contributed by atoms with Gasteiger partial charge in [-0.3, -0.25) is 9.97 Å². The Morgan fingerprint density at radius 2 is 1.81 bits per heavy atom. The number of carbonyl (C=O) groups is 1. The Balaban J connectivity index is 0.000000496. The smallest absolute Gasteiger partial charge is 0.338 e. The molecule has 6 nitrogen and oxygen atoms in total. The van der Waals surface area contributed by atoms with Gasteiger partial charge in [0.05, 0.1) is 11.1 Å². The number of pyridine rings is 2. The zero-order valence-electron chi connectivity index (χ0n) is 14.6. The molecule has 0 aliphatic rings. The van der Waals surface area contributed by atoms with Crippen molar-refractivity contribution in [1.29, 1.82) is 0 Å². The fraction of sp³-hybridized carbons (Fsp3) is 0.167. The van der Waals surface area contributed by atoms with E-state index in [0.29, 0.717) is 23.1 Å². The Hall–Kier alpha value is -2.06. The second-order valence-corrected chi connectivity index (χ2v) is 6.12. The van der Waals surface area contributed by atoms with Gasteiger partial charge in [-0.1, -0.05) is 28.1 Å². The summed E-state index contributed by atoms with van der Waals surface area (Å²) in [6.45, 7) is 4.17. The molecule has 26 heavy (non-hydrogen) atoms. The van der Waals surface area contributed by atoms with Crippen LogP contribution in [-0.2, 0) is 6.54 Å². The zero-order chi connectivity index (χ0) is 17.7. The Morgan fingerprint density at radius 1 is 1.19 bits per heavy atom. The number of hydrogen-bond acceptors (Lipinski definition) is 5. The van der Waals surface area contributed by atoms with E-state index in [1.165, 1.54) is 5.56 Å². The molecule has 0 spiro atoms. The highest BCUT2D eigenvalue weighted by molar-refractivity contribution is 9.10. The summed E-state index contributed by atoms with van der Waals surface area (Å²) in [5, 5.41) is 9.12. The van der Waals surface area contributed by atoms with E-state index in [1.807, 2.05) is 24.3 Å². The summed E-state index contributed by atoms with van der Waals surface area (Å²) < 4.78 is 1.10. The third kappa shape index (κ3) is 5.74. The first-order valence-corrected chi connectivity index (χ1v) is 8.13. The van der Waals surface area contributed by atoms with Crippen molar-refractivity contribution in [3.05, 3.63) is 69.5 Å². The van der Waals surface area contributed by atoms with Crippen LogP contribution in [-0.4, -0.2) is 21.0 Å². The van der Waals surface area contributed by atoms with Crippen molar-refractivity contribution in [2.45, 2.75) is 20.4 Å². The van der Waals surface area contributed by atoms with Crippen molar-refractivity contribution in [3.8, 4) is 0 Å². The number of fused-ring (bicyclic) bond motifs is 1. The number of hydrogen-bond donors (Lipinski definition) is 3. The minimum Gasteiger partial charge on any atom is -0.478 e. The minimum atomic E-state index is -0.957. The molecule has 0 aliphatic heterocycles. The molecule has 2 aromatic heterocycles. The van der Waals surface area contributed by atoms with Crippen LogP contribution >= 0.6 is 28.3 Å². The van der Waals surface area contributed by atoms with E-state index in [1.54, 1.807) is 32.2 Å². The third-order valence-electron chi connectivity index (χ3n) is 3.59. The fourth-order valence-electron chi connectivity index (χ4n) is 2.18. The van der Waals surface area contributed by atoms with E-state index in [4.69, 9.17) is 10.8 Å². The predicted molar refractivity (Wildman–Crippen MR) is 110 cm³/mol. The van der Waals surface area contributed by atoms with Crippen LogP contribution in [0.5, 0.6) is 0 Å². The van der Waals surface area contributed by atoms with Crippen LogP contribution in [0.1, 0.15) is 27.2 Å². The summed E-state index contributed by atoms with van der Waals surface area (Å²) in [5.74, 6) is -0.957. The molecule has 0 atom stereocenters. The van der Waals surface area contributed by atoms with Gasteiger partial charge in [-0.25, -0.2) is 4.79 Å². The predicted octanol–water partition coefficient (Wildman–Crippen LogP) is 4.44. The highest BCUT2D eigenvalue weighted by Crippen LogP contribution is 2.20. The van der Waals surface area contributed by atoms with E-state index in [2.05, 4.69) is 25.9 Å². The van der Waals surface area contributed by atoms with Crippen molar-refractivity contribution < 1.29 is 9.90 Å². The first-order valence-electron chi connectivity index (χ1n) is 7.33. The molecular weight excluding hydrogens is 420 g/mol. The largest absolute Gasteiger partial charge is 0.478 e. The van der Waals surface area contributed by atoms with Crippen LogP contribution in [0.25, 0.3) is 11.0 Å². The second kappa shape index (κ2) is 10.8. The molecule has 6 N–H and O–H groups in total. The second-order valence-electron chi connectivity index (χ2n) is 5.20. The lowest BCUT2D eigenvalue weighted by atomic mass is 10.1. The molecule has 3 aromatic rings. The van der Waals surface area contributed by atoms with E-state index >= 15 is 0 Å². The van der Waals surface area contributed by atoms with Crippen LogP contribution in [0.3, 0.4) is 0 Å². The number of aromatic carboxylic acids is 1. The van der Waals surface area contributed by atoms with Gasteiger partial charge < -0.3 is 17.0 Å². The first kappa shape index (κ1) is 23.9. The summed E-state index contributed by atoms with van der Waals surface area (Å²) >= 11 is 3.33. The van der Waals surface area contributed by atoms with Crippen molar-refractivity contribution in [2.24, 2.45) is 5.73 Å². The average Bonchev–Trinajstić information content (AvgIpc) is 2.57. The first-order chi connectivity index (χ1) is 11.4. The summed E-state index contributed by atoms with van der Waals surface area (Å²) in [7, 11) is 0. The van der Waals surface area contributed by atoms with Crippen LogP contribution in [0.15, 0.2) is 47.1 Å². The van der Waals surface area contributed by atoms with Crippen molar-refractivity contribution in [2.75, 3.05) is 0 Å². The molecule has 8 heteroatoms. The summed E-state index contributed by atoms with van der Waals surface area (Å²) in [4.78, 5) is 19.5. The normalized spacial score (nSPS) is 9.38. The van der Waals surface area contributed by atoms with Crippen molar-refractivity contribution >= 4 is 45.3 Å². The maximum atomic E-state index is 11.1. The Labute approximate surface area is 167 Å². The number of aryl methyl sites for hydroxylation is 1. The van der Waals surface area contributed by atoms with E-state index < -0.39 is 5.97 Å². The Morgan fingerprint density at radius 3 is 2.35 bits per heavy atom. The molecule has 3 rings (SSSR count). The molecular formula is C18H22BrClN4O2. The average molecular weight is 442 g/mol. The zero-order valence-corrected chi connectivity index (χ0v) is 17.0. The summed E-state index contributed by atoms with van der Waals surface area (Å²) in [6, 6.07) is 11.5. The van der Waals surface area contributed by atoms with Crippen LogP contribution in [0.2, 0.25) is 0 Å². The molecule has 0 saturated carbocycles. The lowest BCUT2D eigenvalue weighted by Gasteiger charge is -2.07. The molecule has 2 heterocycles. The molecule has 0 bridgehead atoms. The van der Waals surface area contributed by atoms with E-state index in [-0.39, 0.29) is 24.1 Å². The van der Waals surface area contributed by atoms with E-state index in [0.717, 1.165) is 10.2 Å². The summed E-state index contributed by atoms with van der Waals surface area (Å²) in [6.07, 6.45) is 1.57. The number of carboxylic acid groups (broad SMARTS) is 1. The quantitative estimate of drug-likeness (QED) is 0.540. The Kier molecular flexibility index (Phi) is 9.97. The number of benzene rings is 1. The van der Waals surface area contributed by atoms with Gasteiger partial charge >= 0.3 is 5.97 Å². The molecule has 0 saturated heterocycles. The van der Waals surface area contributed by atoms with Crippen molar-refractivity contribution in [3.63, 3.8) is 0 Å². The molecule has 1 aromatic carbocycles. The molecule has 140 valence electrons. The van der Waals surface area contributed by atoms with Crippen LogP contribution in [0.4, 0.5) is 0 Å². The monoisotopic (exact) mass is 440 g/mol. The fourth-order valence-corrected chi connectivity index (χ4v) is 2.45. The minimum absolute atomic E-state index is 0. The molecule has 0 fully saturated rings.